The Balaban J connectivity index is 1.43. The lowest BCUT2D eigenvalue weighted by molar-refractivity contribution is -0.158. The Morgan fingerprint density at radius 3 is 2.70 bits per heavy atom. The zero-order valence-corrected chi connectivity index (χ0v) is 19.0. The number of nitrogen functional groups attached to an aromatic ring is 1. The highest BCUT2D eigenvalue weighted by Crippen LogP contribution is 2.23. The normalized spacial score (nSPS) is 18.9. The number of piperazine rings is 1. The van der Waals surface area contributed by atoms with Crippen molar-refractivity contribution in [3.63, 3.8) is 0 Å². The summed E-state index contributed by atoms with van der Waals surface area (Å²) in [6, 6.07) is 5.36. The summed E-state index contributed by atoms with van der Waals surface area (Å²) in [5.74, 6) is 1.17. The van der Waals surface area contributed by atoms with E-state index in [1.165, 1.54) is 6.20 Å². The van der Waals surface area contributed by atoms with Crippen LogP contribution in [-0.4, -0.2) is 84.7 Å². The monoisotopic (exact) mass is 454 g/mol. The molecular weight excluding hydrogens is 424 g/mol. The Kier molecular flexibility index (Phi) is 7.05. The van der Waals surface area contributed by atoms with Gasteiger partial charge < -0.3 is 29.7 Å². The molecule has 1 atom stereocenters. The van der Waals surface area contributed by atoms with Gasteiger partial charge in [0.15, 0.2) is 6.10 Å². The molecule has 3 N–H and O–H groups in total. The van der Waals surface area contributed by atoms with Crippen LogP contribution in [0, 0.1) is 5.41 Å². The van der Waals surface area contributed by atoms with E-state index >= 15 is 0 Å². The molecule has 2 aromatic heterocycles. The fourth-order valence-corrected chi connectivity index (χ4v) is 3.86. The summed E-state index contributed by atoms with van der Waals surface area (Å²) in [5, 5.41) is 8.71. The molecule has 2 aliphatic rings. The predicted molar refractivity (Wildman–Crippen MR) is 124 cm³/mol. The first kappa shape index (κ1) is 22.9. The summed E-state index contributed by atoms with van der Waals surface area (Å²) >= 11 is 0. The van der Waals surface area contributed by atoms with E-state index in [4.69, 9.17) is 25.4 Å². The van der Waals surface area contributed by atoms with Crippen molar-refractivity contribution >= 4 is 23.1 Å². The minimum absolute atomic E-state index is 0.0228. The lowest BCUT2D eigenvalue weighted by atomic mass is 10.0. The standard InChI is InChI=1S/C23H30N6O4/c1-15(2)33-21-12-17(18(24)13-27-21)22(25)16-3-4-26-20(11-16)28-5-7-29(8-6-28)23(30)19-14-31-9-10-32-19/h3-4,11-13,15,19,25H,5-10,14,24H2,1-2H3. The first-order valence-corrected chi connectivity index (χ1v) is 11.1. The number of rotatable bonds is 6. The second kappa shape index (κ2) is 10.1. The van der Waals surface area contributed by atoms with Crippen molar-refractivity contribution in [3.05, 3.63) is 41.7 Å². The molecule has 0 radical (unpaired) electrons. The van der Waals surface area contributed by atoms with Crippen LogP contribution in [0.15, 0.2) is 30.6 Å². The van der Waals surface area contributed by atoms with Gasteiger partial charge in [0, 0.05) is 49.6 Å². The SMILES string of the molecule is CC(C)Oc1cc(C(=N)c2ccnc(N3CCN(C(=O)C4COCCO4)CC3)c2)c(N)cn1. The maximum Gasteiger partial charge on any atom is 0.254 e. The third-order valence-electron chi connectivity index (χ3n) is 5.58. The van der Waals surface area contributed by atoms with Gasteiger partial charge in [-0.25, -0.2) is 9.97 Å². The van der Waals surface area contributed by atoms with Crippen molar-refractivity contribution in [1.29, 1.82) is 5.41 Å². The van der Waals surface area contributed by atoms with E-state index in [-0.39, 0.29) is 17.7 Å². The maximum atomic E-state index is 12.7. The number of nitrogens with one attached hydrogen (secondary N) is 1. The van der Waals surface area contributed by atoms with Crippen molar-refractivity contribution in [2.45, 2.75) is 26.1 Å². The number of hydrogen-bond donors (Lipinski definition) is 2. The zero-order valence-electron chi connectivity index (χ0n) is 19.0. The van der Waals surface area contributed by atoms with Gasteiger partial charge in [-0.3, -0.25) is 10.2 Å². The van der Waals surface area contributed by atoms with Gasteiger partial charge >= 0.3 is 0 Å². The first-order valence-electron chi connectivity index (χ1n) is 11.1. The van der Waals surface area contributed by atoms with Crippen molar-refractivity contribution in [1.82, 2.24) is 14.9 Å². The maximum absolute atomic E-state index is 12.7. The Bertz CT molecular complexity index is 1000. The van der Waals surface area contributed by atoms with Gasteiger partial charge in [0.05, 0.1) is 43.5 Å². The van der Waals surface area contributed by atoms with Crippen LogP contribution in [-0.2, 0) is 14.3 Å². The van der Waals surface area contributed by atoms with Crippen molar-refractivity contribution in [2.75, 3.05) is 56.6 Å². The minimum Gasteiger partial charge on any atom is -0.475 e. The average molecular weight is 455 g/mol. The molecule has 0 aliphatic carbocycles. The number of ether oxygens (including phenoxy) is 3. The fraction of sp³-hybridized carbons (Fsp3) is 0.478. The molecule has 0 saturated carbocycles. The molecule has 0 bridgehead atoms. The van der Waals surface area contributed by atoms with Crippen LogP contribution in [0.2, 0.25) is 0 Å². The van der Waals surface area contributed by atoms with Crippen molar-refractivity contribution in [3.8, 4) is 5.88 Å². The second-order valence-corrected chi connectivity index (χ2v) is 8.30. The molecule has 1 amide bonds. The number of carbonyl (C=O) groups is 1. The molecule has 176 valence electrons. The average Bonchev–Trinajstić information content (AvgIpc) is 2.85. The number of pyridine rings is 2. The largest absolute Gasteiger partial charge is 0.475 e. The molecule has 2 saturated heterocycles. The summed E-state index contributed by atoms with van der Waals surface area (Å²) in [7, 11) is 0. The lowest BCUT2D eigenvalue weighted by Crippen LogP contribution is -2.53. The van der Waals surface area contributed by atoms with E-state index < -0.39 is 6.10 Å². The van der Waals surface area contributed by atoms with Crippen molar-refractivity contribution < 1.29 is 19.0 Å². The van der Waals surface area contributed by atoms with Crippen molar-refractivity contribution in [2.24, 2.45) is 0 Å². The topological polar surface area (TPSA) is 127 Å². The molecule has 4 rings (SSSR count). The highest BCUT2D eigenvalue weighted by Gasteiger charge is 2.30. The summed E-state index contributed by atoms with van der Waals surface area (Å²) in [4.78, 5) is 25.3. The minimum atomic E-state index is -0.511. The number of anilines is 2. The van der Waals surface area contributed by atoms with Crippen LogP contribution < -0.4 is 15.4 Å². The predicted octanol–water partition coefficient (Wildman–Crippen LogP) is 1.33. The van der Waals surface area contributed by atoms with Crippen LogP contribution in [0.25, 0.3) is 0 Å². The Morgan fingerprint density at radius 1 is 1.21 bits per heavy atom. The molecule has 2 aliphatic heterocycles. The zero-order chi connectivity index (χ0) is 23.4. The van der Waals surface area contributed by atoms with Gasteiger partial charge in [-0.15, -0.1) is 0 Å². The van der Waals surface area contributed by atoms with Crippen LogP contribution in [0.4, 0.5) is 11.5 Å². The van der Waals surface area contributed by atoms with Gasteiger partial charge in [-0.1, -0.05) is 0 Å². The van der Waals surface area contributed by atoms with E-state index in [9.17, 15) is 4.79 Å². The smallest absolute Gasteiger partial charge is 0.254 e. The van der Waals surface area contributed by atoms with Crippen LogP contribution in [0.3, 0.4) is 0 Å². The van der Waals surface area contributed by atoms with E-state index in [0.717, 1.165) is 5.82 Å². The molecule has 10 heteroatoms. The molecular formula is C23H30N6O4. The molecule has 0 spiro atoms. The van der Waals surface area contributed by atoms with E-state index in [0.29, 0.717) is 68.7 Å². The highest BCUT2D eigenvalue weighted by atomic mass is 16.6. The quantitative estimate of drug-likeness (QED) is 0.626. The number of nitrogens with two attached hydrogens (primary N) is 1. The van der Waals surface area contributed by atoms with Crippen LogP contribution >= 0.6 is 0 Å². The lowest BCUT2D eigenvalue weighted by Gasteiger charge is -2.37. The molecule has 1 unspecified atom stereocenters. The molecule has 2 aromatic rings. The summed E-state index contributed by atoms with van der Waals surface area (Å²) in [6.07, 6.45) is 2.66. The number of aromatic nitrogens is 2. The highest BCUT2D eigenvalue weighted by molar-refractivity contribution is 6.14. The fourth-order valence-electron chi connectivity index (χ4n) is 3.86. The Hall–Kier alpha value is -3.24. The summed E-state index contributed by atoms with van der Waals surface area (Å²) in [6.45, 7) is 7.58. The van der Waals surface area contributed by atoms with E-state index in [1.54, 1.807) is 18.3 Å². The van der Waals surface area contributed by atoms with Gasteiger partial charge in [0.1, 0.15) is 5.82 Å². The van der Waals surface area contributed by atoms with Gasteiger partial charge in [0.25, 0.3) is 5.91 Å². The second-order valence-electron chi connectivity index (χ2n) is 8.30. The summed E-state index contributed by atoms with van der Waals surface area (Å²) in [5.41, 5.74) is 8.04. The third kappa shape index (κ3) is 5.40. The van der Waals surface area contributed by atoms with E-state index in [1.807, 2.05) is 24.8 Å². The van der Waals surface area contributed by atoms with Gasteiger partial charge in [0.2, 0.25) is 5.88 Å². The van der Waals surface area contributed by atoms with Gasteiger partial charge in [-0.05, 0) is 26.0 Å². The Morgan fingerprint density at radius 2 is 2.00 bits per heavy atom. The molecule has 0 aromatic carbocycles. The van der Waals surface area contributed by atoms with Crippen LogP contribution in [0.5, 0.6) is 5.88 Å². The van der Waals surface area contributed by atoms with E-state index in [2.05, 4.69) is 14.9 Å². The van der Waals surface area contributed by atoms with Crippen LogP contribution in [0.1, 0.15) is 25.0 Å². The number of amides is 1. The number of carbonyl (C=O) groups excluding carboxylic acids is 1. The Labute approximate surface area is 193 Å². The molecule has 10 nitrogen and oxygen atoms in total. The molecule has 4 heterocycles. The summed E-state index contributed by atoms with van der Waals surface area (Å²) < 4.78 is 16.6. The third-order valence-corrected chi connectivity index (χ3v) is 5.58. The molecule has 2 fully saturated rings. The number of nitrogens with zero attached hydrogens (tertiary/aromatic N) is 4. The van der Waals surface area contributed by atoms with Gasteiger partial charge in [-0.2, -0.15) is 0 Å². The first-order chi connectivity index (χ1) is 15.9. The number of hydrogen-bond acceptors (Lipinski definition) is 9. The molecule has 33 heavy (non-hydrogen) atoms.